The van der Waals surface area contributed by atoms with Gasteiger partial charge in [0.15, 0.2) is 10.8 Å². The Balaban J connectivity index is 0.706. The Morgan fingerprint density at radius 2 is 1.49 bits per heavy atom. The van der Waals surface area contributed by atoms with Crippen molar-refractivity contribution in [2.75, 3.05) is 60.2 Å². The molecule has 112 heavy (non-hydrogen) atoms. The van der Waals surface area contributed by atoms with E-state index >= 15 is 0 Å². The van der Waals surface area contributed by atoms with Crippen LogP contribution >= 0.6 is 11.3 Å². The number of rotatable bonds is 36. The van der Waals surface area contributed by atoms with Gasteiger partial charge in [-0.1, -0.05) is 81.9 Å². The lowest BCUT2D eigenvalue weighted by atomic mass is 9.39. The van der Waals surface area contributed by atoms with Gasteiger partial charge >= 0.3 is 24.1 Å². The highest BCUT2D eigenvalue weighted by atomic mass is 32.2. The number of aromatic carboxylic acids is 1. The summed E-state index contributed by atoms with van der Waals surface area (Å²) in [5.74, 6) is -7.97. The first-order valence-electron chi connectivity index (χ1n) is 37.5. The maximum atomic E-state index is 14.4. The second-order valence-electron chi connectivity index (χ2n) is 31.2. The zero-order valence-corrected chi connectivity index (χ0v) is 64.9. The van der Waals surface area contributed by atoms with E-state index in [-0.39, 0.29) is 85.5 Å². The highest BCUT2D eigenvalue weighted by Crippen LogP contribution is 2.72. The summed E-state index contributed by atoms with van der Waals surface area (Å²) >= 11 is 1.39. The zero-order valence-electron chi connectivity index (χ0n) is 63.2. The number of nitrogens with zero attached hydrogens (tertiary/aromatic N) is 8. The highest BCUT2D eigenvalue weighted by molar-refractivity contribution is 7.85. The summed E-state index contributed by atoms with van der Waals surface area (Å²) in [6, 6.07) is 17.0. The number of aliphatic carboxylic acids is 1. The van der Waals surface area contributed by atoms with E-state index in [1.54, 1.807) is 38.2 Å². The molecule has 4 saturated carbocycles. The van der Waals surface area contributed by atoms with Crippen molar-refractivity contribution in [2.45, 2.75) is 174 Å². The molecule has 4 aliphatic carbocycles. The minimum absolute atomic E-state index is 0.0292. The van der Waals surface area contributed by atoms with Crippen molar-refractivity contribution in [2.24, 2.45) is 33.6 Å². The number of carbonyl (C=O) groups is 11. The molecule has 10 amide bonds. The van der Waals surface area contributed by atoms with Crippen LogP contribution in [0.2, 0.25) is 0 Å². The van der Waals surface area contributed by atoms with Crippen LogP contribution in [0.3, 0.4) is 0 Å². The van der Waals surface area contributed by atoms with E-state index in [1.807, 2.05) is 52.9 Å². The number of aromatic nitrogens is 4. The summed E-state index contributed by atoms with van der Waals surface area (Å²) in [5, 5.41) is 36.4. The molecule has 11 N–H and O–H groups in total. The number of urea groups is 1. The largest absolute Gasteiger partial charge is 0.481 e. The summed E-state index contributed by atoms with van der Waals surface area (Å²) in [4.78, 5) is 159. The molecule has 5 heterocycles. The van der Waals surface area contributed by atoms with Gasteiger partial charge in [-0.3, -0.25) is 57.8 Å². The number of primary amides is 1. The van der Waals surface area contributed by atoms with Crippen LogP contribution < -0.4 is 42.5 Å². The van der Waals surface area contributed by atoms with Crippen molar-refractivity contribution in [3.63, 3.8) is 0 Å². The molecule has 2 unspecified atom stereocenters. The Morgan fingerprint density at radius 1 is 0.768 bits per heavy atom. The molecule has 4 fully saturated rings. The number of imide groups is 2. The Labute approximate surface area is 651 Å². The molecule has 3 aromatic carbocycles. The molecule has 0 saturated heterocycles. The second-order valence-corrected chi connectivity index (χ2v) is 33.8. The van der Waals surface area contributed by atoms with Gasteiger partial charge in [0.2, 0.25) is 17.7 Å². The first-order valence-corrected chi connectivity index (χ1v) is 40.0. The number of hydrogen-bond donors (Lipinski definition) is 9. The molecule has 32 nitrogen and oxygen atoms in total. The topological polar surface area (TPSA) is 458 Å². The number of para-hydroxylation sites is 1. The first kappa shape index (κ1) is 82.4. The fourth-order valence-electron chi connectivity index (χ4n) is 17.6. The number of carboxylic acid groups (broad SMARTS) is 2. The van der Waals surface area contributed by atoms with Crippen molar-refractivity contribution < 1.29 is 85.4 Å². The number of ether oxygens (including phenoxy) is 2. The summed E-state index contributed by atoms with van der Waals surface area (Å²) in [7, 11) is -4.57. The van der Waals surface area contributed by atoms with Gasteiger partial charge in [0.25, 0.3) is 33.7 Å². The molecule has 598 valence electrons. The molecule has 4 bridgehead atoms. The second kappa shape index (κ2) is 34.6. The number of unbranched alkanes of at least 4 members (excludes halogenated alkanes) is 2. The minimum atomic E-state index is -4.57. The van der Waals surface area contributed by atoms with E-state index in [9.17, 15) is 75.9 Å². The number of benzene rings is 3. The number of thiazole rings is 1. The number of carbonyl (C=O) groups excluding carboxylic acids is 9. The standard InChI is InChI=1S/C78H96N14O18S2/c1-47(2)65(86-68(99)57(24-28-64(96)97)82-61(93)18-7-6-10-31-90-62(94)26-27-63(90)95)69(100)83-58(16-12-30-79)70(101)92(72(80)104)51-21-19-49(20-22-51)39-109-74(105)88(34-36-112(106,107)108)33-35-110-78-43-75(4)40-76(5,44-78)42-77(41-75,45-78)46-91-48(3)54(37-81-91)52-23-25-60(85-66(52)71(102)103)89-32-29-50-13-11-14-53(55(50)38-89)67(98)87-73-84-56-15-8-9-17-59(56)111-73/h8-9,11,13-15,17,19-23,25-27,37,47,57-58,65H,6-7,10,12,16,18,24,28-36,38-46,79H2,1-5H3,(H2,80,104)(H,82,93)(H,83,100)(H,86,99)(H,96,97)(H,102,103)(H,84,87,98)(H,106,107,108)/t57-,58-,65-,75?,76?,77?,78?/m0/s1. The first-order chi connectivity index (χ1) is 53.1. The molecule has 6 aliphatic rings. The number of pyridine rings is 1. The van der Waals surface area contributed by atoms with Crippen LogP contribution in [0.25, 0.3) is 21.3 Å². The third-order valence-electron chi connectivity index (χ3n) is 21.7. The highest BCUT2D eigenvalue weighted by Gasteiger charge is 2.66. The fraction of sp³-hybridized carbons (Fsp3) is 0.487. The molecule has 0 radical (unpaired) electrons. The van der Waals surface area contributed by atoms with E-state index in [0.717, 1.165) is 68.9 Å². The van der Waals surface area contributed by atoms with Gasteiger partial charge in [0, 0.05) is 86.6 Å². The molecular weight excluding hydrogens is 1490 g/mol. The Morgan fingerprint density at radius 3 is 2.16 bits per heavy atom. The Hall–Kier alpha value is -10.6. The molecular formula is C78H96N14O18S2. The van der Waals surface area contributed by atoms with E-state index in [1.165, 1.54) is 47.8 Å². The van der Waals surface area contributed by atoms with Crippen LogP contribution in [0, 0.1) is 29.1 Å². The predicted octanol–water partition coefficient (Wildman–Crippen LogP) is 7.65. The van der Waals surface area contributed by atoms with Gasteiger partial charge in [-0.2, -0.15) is 13.5 Å². The average molecular weight is 1580 g/mol. The van der Waals surface area contributed by atoms with Crippen molar-refractivity contribution >= 4 is 114 Å². The normalized spacial score (nSPS) is 20.4. The van der Waals surface area contributed by atoms with Crippen LogP contribution in [0.15, 0.2) is 97.2 Å². The van der Waals surface area contributed by atoms with Crippen molar-refractivity contribution in [1.82, 2.24) is 45.5 Å². The van der Waals surface area contributed by atoms with Gasteiger partial charge in [0.05, 0.1) is 40.1 Å². The smallest absolute Gasteiger partial charge is 0.410 e. The van der Waals surface area contributed by atoms with E-state index in [0.29, 0.717) is 89.8 Å². The molecule has 2 aliphatic heterocycles. The summed E-state index contributed by atoms with van der Waals surface area (Å²) in [6.45, 7) is 10.2. The molecule has 5 atom stereocenters. The molecule has 6 aromatic rings. The predicted molar refractivity (Wildman–Crippen MR) is 413 cm³/mol. The number of hydrogen-bond acceptors (Lipinski definition) is 21. The van der Waals surface area contributed by atoms with Crippen LogP contribution in [0.5, 0.6) is 0 Å². The monoisotopic (exact) mass is 1580 g/mol. The van der Waals surface area contributed by atoms with Gasteiger partial charge in [-0.05, 0) is 172 Å². The number of anilines is 3. The van der Waals surface area contributed by atoms with Gasteiger partial charge in [-0.15, -0.1) is 0 Å². The van der Waals surface area contributed by atoms with Gasteiger partial charge < -0.3 is 56.9 Å². The zero-order chi connectivity index (χ0) is 80.6. The van der Waals surface area contributed by atoms with Gasteiger partial charge in [0.1, 0.15) is 30.6 Å². The summed E-state index contributed by atoms with van der Waals surface area (Å²) in [6.07, 6.45) is 8.72. The number of fused-ring (bicyclic) bond motifs is 2. The van der Waals surface area contributed by atoms with Gasteiger partial charge in [-0.25, -0.2) is 29.3 Å². The van der Waals surface area contributed by atoms with Crippen LogP contribution in [0.1, 0.15) is 161 Å². The molecule has 12 rings (SSSR count). The van der Waals surface area contributed by atoms with Crippen LogP contribution in [-0.2, 0) is 79.3 Å². The number of amides is 10. The quantitative estimate of drug-likeness (QED) is 0.0104. The Kier molecular flexibility index (Phi) is 25.5. The average Bonchev–Trinajstić information content (AvgIpc) is 0.714. The minimum Gasteiger partial charge on any atom is -0.481 e. The van der Waals surface area contributed by atoms with E-state index in [2.05, 4.69) is 40.1 Å². The van der Waals surface area contributed by atoms with Crippen LogP contribution in [-0.4, -0.2) is 187 Å². The SMILES string of the molecule is Cc1c(-c2ccc(N3CCc4cccc(C(=O)Nc5nc6ccccc6s5)c4C3)nc2C(=O)O)cnn1CC12CC3(C)CC(C)(C1)CC(OCCN(CCS(=O)(=O)O)C(=O)OCc1ccc(N(C(N)=O)C(=O)[C@H](CCCN)NC(=O)[C@@H](NC(=O)[C@H](CCC(=O)O)NC(=O)CCCCCN4C(=O)C=CC4=O)C(C)C)cc1)(C3)C2. The van der Waals surface area contributed by atoms with Crippen molar-refractivity contribution in [1.29, 1.82) is 0 Å². The lowest BCUT2D eigenvalue weighted by molar-refractivity contribution is -0.248. The maximum Gasteiger partial charge on any atom is 0.410 e. The van der Waals surface area contributed by atoms with Crippen LogP contribution in [0.4, 0.5) is 26.2 Å². The van der Waals surface area contributed by atoms with Crippen molar-refractivity contribution in [3.05, 3.63) is 131 Å². The summed E-state index contributed by atoms with van der Waals surface area (Å²) in [5.41, 5.74) is 15.4. The van der Waals surface area contributed by atoms with E-state index in [4.69, 9.17) is 31.0 Å². The Bertz CT molecular complexity index is 4700. The van der Waals surface area contributed by atoms with E-state index < -0.39 is 125 Å². The number of carboxylic acids is 2. The maximum absolute atomic E-state index is 14.4. The fourth-order valence-corrected chi connectivity index (χ4v) is 18.9. The molecule has 3 aromatic heterocycles. The van der Waals surface area contributed by atoms with Crippen molar-refractivity contribution in [3.8, 4) is 11.1 Å². The number of nitrogens with one attached hydrogen (secondary N) is 4. The molecule has 0 spiro atoms. The third kappa shape index (κ3) is 19.8. The lowest BCUT2D eigenvalue weighted by Gasteiger charge is -2.69. The lowest BCUT2D eigenvalue weighted by Crippen LogP contribution is -2.64. The number of nitrogens with two attached hydrogens (primary N) is 2. The molecule has 34 heteroatoms. The third-order valence-corrected chi connectivity index (χ3v) is 23.3. The summed E-state index contributed by atoms with van der Waals surface area (Å²) < 4.78 is 49.8.